The number of amides is 1. The van der Waals surface area contributed by atoms with Crippen molar-refractivity contribution in [3.8, 4) is 0 Å². The van der Waals surface area contributed by atoms with Crippen LogP contribution in [0.5, 0.6) is 0 Å². The summed E-state index contributed by atoms with van der Waals surface area (Å²) < 4.78 is 0. The van der Waals surface area contributed by atoms with Gasteiger partial charge in [0.2, 0.25) is 5.91 Å². The van der Waals surface area contributed by atoms with Gasteiger partial charge in [-0.15, -0.1) is 11.3 Å². The summed E-state index contributed by atoms with van der Waals surface area (Å²) in [7, 11) is 0. The minimum Gasteiger partial charge on any atom is -0.332 e. The van der Waals surface area contributed by atoms with Crippen LogP contribution in [0.25, 0.3) is 0 Å². The smallest absolute Gasteiger partial charge is 0.239 e. The molecule has 0 saturated heterocycles. The molecule has 0 aliphatic heterocycles. The van der Waals surface area contributed by atoms with E-state index in [4.69, 9.17) is 5.84 Å². The highest BCUT2D eigenvalue weighted by molar-refractivity contribution is 7.13. The highest BCUT2D eigenvalue weighted by atomic mass is 32.1. The molecule has 5 nitrogen and oxygen atoms in total. The second-order valence-electron chi connectivity index (χ2n) is 4.81. The van der Waals surface area contributed by atoms with Crippen LogP contribution in [0.3, 0.4) is 0 Å². The average molecular weight is 304 g/mol. The van der Waals surface area contributed by atoms with Crippen molar-refractivity contribution in [1.29, 1.82) is 0 Å². The highest BCUT2D eigenvalue weighted by Gasteiger charge is 2.06. The van der Waals surface area contributed by atoms with Gasteiger partial charge in [0.25, 0.3) is 0 Å². The third-order valence-electron chi connectivity index (χ3n) is 3.08. The summed E-state index contributed by atoms with van der Waals surface area (Å²) in [6.45, 7) is 2.20. The largest absolute Gasteiger partial charge is 0.332 e. The monoisotopic (exact) mass is 304 g/mol. The van der Waals surface area contributed by atoms with Crippen molar-refractivity contribution in [2.24, 2.45) is 5.84 Å². The fraction of sp³-hybridized carbons (Fsp3) is 0.333. The number of aryl methyl sites for hydroxylation is 1. The normalized spacial score (nSPS) is 10.4. The predicted molar refractivity (Wildman–Crippen MR) is 86.5 cm³/mol. The molecule has 0 spiro atoms. The molecule has 2 aromatic rings. The first-order chi connectivity index (χ1) is 10.2. The van der Waals surface area contributed by atoms with Crippen LogP contribution in [0.15, 0.2) is 29.6 Å². The molecule has 4 N–H and O–H groups in total. The van der Waals surface area contributed by atoms with Crippen molar-refractivity contribution in [3.63, 3.8) is 0 Å². The minimum atomic E-state index is -0.243. The Balaban J connectivity index is 1.93. The van der Waals surface area contributed by atoms with Crippen LogP contribution in [0.1, 0.15) is 31.0 Å². The van der Waals surface area contributed by atoms with Gasteiger partial charge >= 0.3 is 0 Å². The highest BCUT2D eigenvalue weighted by Crippen LogP contribution is 2.21. The second kappa shape index (κ2) is 7.75. The lowest BCUT2D eigenvalue weighted by atomic mass is 10.1. The van der Waals surface area contributed by atoms with Crippen LogP contribution < -0.4 is 16.6 Å². The number of rotatable bonds is 7. The molecule has 112 valence electrons. The van der Waals surface area contributed by atoms with E-state index in [0.29, 0.717) is 5.69 Å². The Bertz CT molecular complexity index is 580. The fourth-order valence-electron chi connectivity index (χ4n) is 1.92. The van der Waals surface area contributed by atoms with Gasteiger partial charge in [-0.05, 0) is 30.5 Å². The maximum Gasteiger partial charge on any atom is 0.239 e. The molecule has 1 heterocycles. The Labute approximate surface area is 128 Å². The number of benzene rings is 1. The molecule has 1 aromatic heterocycles. The molecule has 0 unspecified atom stereocenters. The van der Waals surface area contributed by atoms with Crippen molar-refractivity contribution in [2.45, 2.75) is 32.6 Å². The molecule has 0 aliphatic carbocycles. The van der Waals surface area contributed by atoms with Crippen LogP contribution in [0.4, 0.5) is 10.8 Å². The molecular weight excluding hydrogens is 284 g/mol. The van der Waals surface area contributed by atoms with Crippen LogP contribution in [-0.2, 0) is 17.6 Å². The number of anilines is 2. The molecule has 0 bridgehead atoms. The second-order valence-corrected chi connectivity index (χ2v) is 5.67. The first-order valence-electron chi connectivity index (χ1n) is 7.01. The summed E-state index contributed by atoms with van der Waals surface area (Å²) in [6, 6.07) is 8.38. The number of aromatic nitrogens is 1. The standard InChI is InChI=1S/C15H20N4OS/c1-2-3-4-11-5-7-12(8-6-11)17-15-18-13(10-21-15)9-14(20)19-16/h5-8,10H,2-4,9,16H2,1H3,(H,17,18)(H,19,20). The quantitative estimate of drug-likeness (QED) is 0.417. The van der Waals surface area contributed by atoms with Gasteiger partial charge in [-0.25, -0.2) is 10.8 Å². The average Bonchev–Trinajstić information content (AvgIpc) is 2.93. The van der Waals surface area contributed by atoms with Crippen LogP contribution in [0, 0.1) is 0 Å². The lowest BCUT2D eigenvalue weighted by Crippen LogP contribution is -2.31. The number of nitrogens with one attached hydrogen (secondary N) is 2. The van der Waals surface area contributed by atoms with E-state index in [9.17, 15) is 4.79 Å². The van der Waals surface area contributed by atoms with Crippen LogP contribution in [-0.4, -0.2) is 10.9 Å². The van der Waals surface area contributed by atoms with Gasteiger partial charge in [-0.2, -0.15) is 0 Å². The number of nitrogens with zero attached hydrogens (tertiary/aromatic N) is 1. The summed E-state index contributed by atoms with van der Waals surface area (Å²) in [4.78, 5) is 15.5. The topological polar surface area (TPSA) is 80.0 Å². The number of carbonyl (C=O) groups excluding carboxylic acids is 1. The summed E-state index contributed by atoms with van der Waals surface area (Å²) in [5.41, 5.74) is 5.16. The van der Waals surface area contributed by atoms with E-state index in [0.717, 1.165) is 17.2 Å². The molecule has 0 fully saturated rings. The van der Waals surface area contributed by atoms with Crippen molar-refractivity contribution < 1.29 is 4.79 Å². The van der Waals surface area contributed by atoms with E-state index in [1.54, 1.807) is 0 Å². The molecule has 1 amide bonds. The number of thiazole rings is 1. The van der Waals surface area contributed by atoms with Crippen molar-refractivity contribution in [1.82, 2.24) is 10.4 Å². The fourth-order valence-corrected chi connectivity index (χ4v) is 2.65. The van der Waals surface area contributed by atoms with Crippen molar-refractivity contribution in [2.75, 3.05) is 5.32 Å². The van der Waals surface area contributed by atoms with E-state index >= 15 is 0 Å². The number of unbranched alkanes of at least 4 members (excludes halogenated alkanes) is 1. The maximum absolute atomic E-state index is 11.2. The Morgan fingerprint density at radius 2 is 2.10 bits per heavy atom. The molecule has 21 heavy (non-hydrogen) atoms. The summed E-state index contributed by atoms with van der Waals surface area (Å²) in [5.74, 6) is 4.82. The number of carbonyl (C=O) groups is 1. The van der Waals surface area contributed by atoms with Gasteiger partial charge in [0, 0.05) is 11.1 Å². The van der Waals surface area contributed by atoms with E-state index in [1.165, 1.54) is 29.7 Å². The lowest BCUT2D eigenvalue weighted by molar-refractivity contribution is -0.120. The van der Waals surface area contributed by atoms with Gasteiger partial charge < -0.3 is 5.32 Å². The van der Waals surface area contributed by atoms with E-state index in [-0.39, 0.29) is 12.3 Å². The van der Waals surface area contributed by atoms with E-state index < -0.39 is 0 Å². The third kappa shape index (κ3) is 4.84. The van der Waals surface area contributed by atoms with Gasteiger partial charge in [0.05, 0.1) is 12.1 Å². The number of hydrogen-bond acceptors (Lipinski definition) is 5. The minimum absolute atomic E-state index is 0.199. The zero-order valence-corrected chi connectivity index (χ0v) is 12.9. The number of hydrazine groups is 1. The Morgan fingerprint density at radius 1 is 1.33 bits per heavy atom. The van der Waals surface area contributed by atoms with Crippen molar-refractivity contribution in [3.05, 3.63) is 40.9 Å². The molecule has 0 radical (unpaired) electrons. The first-order valence-corrected chi connectivity index (χ1v) is 7.89. The number of nitrogens with two attached hydrogens (primary N) is 1. The Kier molecular flexibility index (Phi) is 5.71. The van der Waals surface area contributed by atoms with E-state index in [2.05, 4.69) is 46.9 Å². The zero-order chi connectivity index (χ0) is 15.1. The van der Waals surface area contributed by atoms with Crippen LogP contribution in [0.2, 0.25) is 0 Å². The lowest BCUT2D eigenvalue weighted by Gasteiger charge is -2.04. The van der Waals surface area contributed by atoms with Gasteiger partial charge in [-0.3, -0.25) is 10.2 Å². The zero-order valence-electron chi connectivity index (χ0n) is 12.1. The molecular formula is C15H20N4OS. The van der Waals surface area contributed by atoms with Crippen LogP contribution >= 0.6 is 11.3 Å². The molecule has 0 atom stereocenters. The Morgan fingerprint density at radius 3 is 2.76 bits per heavy atom. The molecule has 1 aromatic carbocycles. The van der Waals surface area contributed by atoms with Gasteiger partial charge in [-0.1, -0.05) is 25.5 Å². The third-order valence-corrected chi connectivity index (χ3v) is 3.89. The predicted octanol–water partition coefficient (Wildman–Crippen LogP) is 2.76. The molecule has 2 rings (SSSR count). The van der Waals surface area contributed by atoms with Gasteiger partial charge in [0.1, 0.15) is 0 Å². The summed E-state index contributed by atoms with van der Waals surface area (Å²) in [5, 5.41) is 5.87. The molecule has 6 heteroatoms. The summed E-state index contributed by atoms with van der Waals surface area (Å²) >= 11 is 1.47. The maximum atomic E-state index is 11.2. The molecule has 0 aliphatic rings. The number of hydrogen-bond donors (Lipinski definition) is 3. The van der Waals surface area contributed by atoms with Gasteiger partial charge in [0.15, 0.2) is 5.13 Å². The SMILES string of the molecule is CCCCc1ccc(Nc2nc(CC(=O)NN)cs2)cc1. The first kappa shape index (κ1) is 15.5. The summed E-state index contributed by atoms with van der Waals surface area (Å²) in [6.07, 6.45) is 3.74. The van der Waals surface area contributed by atoms with E-state index in [1.807, 2.05) is 5.38 Å². The van der Waals surface area contributed by atoms with Crippen molar-refractivity contribution >= 4 is 28.1 Å². The molecule has 0 saturated carbocycles. The Hall–Kier alpha value is -1.92.